The first-order chi connectivity index (χ1) is 15.6. The predicted molar refractivity (Wildman–Crippen MR) is 123 cm³/mol. The van der Waals surface area contributed by atoms with Gasteiger partial charge in [0, 0.05) is 12.1 Å². The third-order valence-electron chi connectivity index (χ3n) is 4.37. The molecule has 0 unspecified atom stereocenters. The molecule has 3 aromatic rings. The average molecular weight is 490 g/mol. The fourth-order valence-electron chi connectivity index (χ4n) is 2.78. The highest BCUT2D eigenvalue weighted by Crippen LogP contribution is 2.25. The number of amides is 1. The van der Waals surface area contributed by atoms with Crippen LogP contribution < -0.4 is 14.8 Å². The maximum atomic E-state index is 14.1. The van der Waals surface area contributed by atoms with Gasteiger partial charge in [-0.25, -0.2) is 25.9 Å². The van der Waals surface area contributed by atoms with Gasteiger partial charge in [0.2, 0.25) is 10.0 Å². The summed E-state index contributed by atoms with van der Waals surface area (Å²) < 4.78 is 68.5. The van der Waals surface area contributed by atoms with E-state index in [-0.39, 0.29) is 28.4 Å². The van der Waals surface area contributed by atoms with E-state index in [4.69, 9.17) is 0 Å². The Bertz CT molecular complexity index is 1390. The van der Waals surface area contributed by atoms with Gasteiger partial charge in [-0.2, -0.15) is 0 Å². The Balaban J connectivity index is 1.88. The quantitative estimate of drug-likeness (QED) is 0.398. The number of rotatable bonds is 9. The molecule has 0 heterocycles. The van der Waals surface area contributed by atoms with Gasteiger partial charge in [0.05, 0.1) is 16.3 Å². The Hall–Kier alpha value is -3.54. The highest BCUT2D eigenvalue weighted by Gasteiger charge is 2.21. The van der Waals surface area contributed by atoms with E-state index in [1.807, 2.05) is 0 Å². The van der Waals surface area contributed by atoms with Crippen LogP contribution in [-0.2, 0) is 20.0 Å². The minimum Gasteiger partial charge on any atom is -0.320 e. The topological polar surface area (TPSA) is 121 Å². The molecule has 3 N–H and O–H groups in total. The van der Waals surface area contributed by atoms with Gasteiger partial charge in [-0.05, 0) is 42.5 Å². The minimum atomic E-state index is -4.21. The van der Waals surface area contributed by atoms with Crippen LogP contribution in [0.25, 0.3) is 0 Å². The summed E-state index contributed by atoms with van der Waals surface area (Å²) in [5.41, 5.74) is 0.0777. The lowest BCUT2D eigenvalue weighted by Crippen LogP contribution is -2.25. The van der Waals surface area contributed by atoms with E-state index in [1.54, 1.807) is 30.3 Å². The molecule has 0 aliphatic rings. The van der Waals surface area contributed by atoms with E-state index in [9.17, 15) is 26.0 Å². The van der Waals surface area contributed by atoms with Crippen molar-refractivity contribution in [3.8, 4) is 0 Å². The molecule has 11 heteroatoms. The predicted octanol–water partition coefficient (Wildman–Crippen LogP) is 3.34. The fraction of sp³-hybridized carbons (Fsp3) is 0.0455. The van der Waals surface area contributed by atoms with E-state index in [2.05, 4.69) is 21.3 Å². The normalized spacial score (nSPS) is 11.5. The molecule has 172 valence electrons. The van der Waals surface area contributed by atoms with Crippen LogP contribution in [0.2, 0.25) is 0 Å². The Morgan fingerprint density at radius 3 is 2.18 bits per heavy atom. The van der Waals surface area contributed by atoms with Crippen LogP contribution in [0.5, 0.6) is 0 Å². The second-order valence-corrected chi connectivity index (χ2v) is 10.1. The van der Waals surface area contributed by atoms with Crippen molar-refractivity contribution in [2.24, 2.45) is 0 Å². The van der Waals surface area contributed by atoms with Gasteiger partial charge in [0.15, 0.2) is 0 Å². The molecule has 0 aliphatic heterocycles. The highest BCUT2D eigenvalue weighted by molar-refractivity contribution is 7.92. The first-order valence-corrected chi connectivity index (χ1v) is 12.5. The molecule has 0 saturated carbocycles. The number of hydrogen-bond acceptors (Lipinski definition) is 5. The smallest absolute Gasteiger partial charge is 0.261 e. The van der Waals surface area contributed by atoms with Crippen LogP contribution in [0, 0.1) is 5.82 Å². The third-order valence-corrected chi connectivity index (χ3v) is 7.19. The van der Waals surface area contributed by atoms with E-state index >= 15 is 0 Å². The fourth-order valence-corrected chi connectivity index (χ4v) is 4.98. The number of benzene rings is 3. The van der Waals surface area contributed by atoms with Crippen LogP contribution in [0.4, 0.5) is 15.8 Å². The Morgan fingerprint density at radius 2 is 1.52 bits per heavy atom. The Kier molecular flexibility index (Phi) is 7.26. The van der Waals surface area contributed by atoms with Gasteiger partial charge in [0.1, 0.15) is 10.7 Å². The molecule has 0 aliphatic carbocycles. The molecule has 3 aromatic carbocycles. The largest absolute Gasteiger partial charge is 0.320 e. The van der Waals surface area contributed by atoms with Crippen LogP contribution in [0.1, 0.15) is 10.4 Å². The van der Waals surface area contributed by atoms with Crippen molar-refractivity contribution < 1.29 is 26.0 Å². The number of hydrogen-bond donors (Lipinski definition) is 3. The van der Waals surface area contributed by atoms with Crippen molar-refractivity contribution in [2.75, 3.05) is 16.6 Å². The first-order valence-electron chi connectivity index (χ1n) is 9.52. The van der Waals surface area contributed by atoms with E-state index in [1.165, 1.54) is 30.3 Å². The summed E-state index contributed by atoms with van der Waals surface area (Å²) in [4.78, 5) is 12.1. The number of sulfonamides is 2. The molecule has 0 bridgehead atoms. The van der Waals surface area contributed by atoms with Gasteiger partial charge < -0.3 is 5.32 Å². The number of carbonyl (C=O) groups is 1. The van der Waals surface area contributed by atoms with Crippen molar-refractivity contribution in [2.45, 2.75) is 9.79 Å². The zero-order chi connectivity index (χ0) is 24.1. The SMILES string of the molecule is C=CCNS(=O)(=O)c1cc(C(=O)Nc2ccccc2NS(=O)(=O)c2ccccc2)ccc1F. The summed E-state index contributed by atoms with van der Waals surface area (Å²) in [5, 5.41) is 2.52. The van der Waals surface area contributed by atoms with E-state index in [0.29, 0.717) is 0 Å². The zero-order valence-corrected chi connectivity index (χ0v) is 18.8. The van der Waals surface area contributed by atoms with E-state index in [0.717, 1.165) is 18.2 Å². The zero-order valence-electron chi connectivity index (χ0n) is 17.2. The number of nitrogens with one attached hydrogen (secondary N) is 3. The summed E-state index contributed by atoms with van der Waals surface area (Å²) in [6.07, 6.45) is 1.29. The van der Waals surface area contributed by atoms with Gasteiger partial charge >= 0.3 is 0 Å². The van der Waals surface area contributed by atoms with Crippen LogP contribution in [0.15, 0.2) is 95.2 Å². The Labute approximate surface area is 191 Å². The van der Waals surface area contributed by atoms with Crippen molar-refractivity contribution in [3.63, 3.8) is 0 Å². The van der Waals surface area contributed by atoms with Crippen molar-refractivity contribution in [1.82, 2.24) is 4.72 Å². The molecular formula is C22H20FN3O5S2. The summed E-state index contributed by atoms with van der Waals surface area (Å²) in [6.45, 7) is 3.27. The van der Waals surface area contributed by atoms with Crippen LogP contribution in [-0.4, -0.2) is 29.3 Å². The van der Waals surface area contributed by atoms with Crippen molar-refractivity contribution in [1.29, 1.82) is 0 Å². The summed E-state index contributed by atoms with van der Waals surface area (Å²) in [7, 11) is -8.14. The lowest BCUT2D eigenvalue weighted by molar-refractivity contribution is 0.102. The monoisotopic (exact) mass is 489 g/mol. The number of anilines is 2. The molecule has 1 amide bonds. The molecule has 0 fully saturated rings. The number of halogens is 1. The molecule has 33 heavy (non-hydrogen) atoms. The first kappa shape index (κ1) is 24.1. The summed E-state index contributed by atoms with van der Waals surface area (Å²) in [6, 6.07) is 16.6. The molecule has 3 rings (SSSR count). The number of para-hydroxylation sites is 2. The number of carbonyl (C=O) groups excluding carboxylic acids is 1. The van der Waals surface area contributed by atoms with Crippen LogP contribution >= 0.6 is 0 Å². The molecule has 0 spiro atoms. The standard InChI is InChI=1S/C22H20FN3O5S2/c1-2-14-24-33(30,31)21-15-16(12-13-18(21)23)22(27)25-19-10-6-7-11-20(19)26-32(28,29)17-8-4-3-5-9-17/h2-13,15,24,26H,1,14H2,(H,25,27). The maximum Gasteiger partial charge on any atom is 0.261 e. The lowest BCUT2D eigenvalue weighted by Gasteiger charge is -2.14. The minimum absolute atomic E-state index is 0.0338. The van der Waals surface area contributed by atoms with Gasteiger partial charge in [-0.15, -0.1) is 6.58 Å². The van der Waals surface area contributed by atoms with E-state index < -0.39 is 36.7 Å². The van der Waals surface area contributed by atoms with Gasteiger partial charge in [-0.1, -0.05) is 36.4 Å². The molecule has 0 atom stereocenters. The molecule has 0 saturated heterocycles. The van der Waals surface area contributed by atoms with Crippen molar-refractivity contribution in [3.05, 3.63) is 96.8 Å². The lowest BCUT2D eigenvalue weighted by atomic mass is 10.2. The summed E-state index contributed by atoms with van der Waals surface area (Å²) in [5.74, 6) is -1.79. The summed E-state index contributed by atoms with van der Waals surface area (Å²) >= 11 is 0. The van der Waals surface area contributed by atoms with Gasteiger partial charge in [0.25, 0.3) is 15.9 Å². The van der Waals surface area contributed by atoms with Crippen LogP contribution in [0.3, 0.4) is 0 Å². The second-order valence-electron chi connectivity index (χ2n) is 6.70. The molecule has 0 aromatic heterocycles. The maximum absolute atomic E-state index is 14.1. The molecule has 0 radical (unpaired) electrons. The average Bonchev–Trinajstić information content (AvgIpc) is 2.79. The molecular weight excluding hydrogens is 469 g/mol. The Morgan fingerprint density at radius 1 is 0.879 bits per heavy atom. The highest BCUT2D eigenvalue weighted by atomic mass is 32.2. The van der Waals surface area contributed by atoms with Crippen molar-refractivity contribution >= 4 is 37.3 Å². The molecule has 8 nitrogen and oxygen atoms in total. The second kappa shape index (κ2) is 9.94. The third kappa shape index (κ3) is 5.83. The van der Waals surface area contributed by atoms with Gasteiger partial charge in [-0.3, -0.25) is 9.52 Å².